The van der Waals surface area contributed by atoms with E-state index in [1.807, 2.05) is 24.3 Å². The van der Waals surface area contributed by atoms with Gasteiger partial charge in [-0.3, -0.25) is 4.79 Å². The number of methoxy groups -OCH3 is 1. The summed E-state index contributed by atoms with van der Waals surface area (Å²) in [6, 6.07) is 8.04. The number of carbonyl (C=O) groups excluding carboxylic acids is 1. The van der Waals surface area contributed by atoms with Gasteiger partial charge in [0.15, 0.2) is 0 Å². The molecule has 1 N–H and O–H groups in total. The van der Waals surface area contributed by atoms with Crippen LogP contribution in [0.5, 0.6) is 5.75 Å². The van der Waals surface area contributed by atoms with Gasteiger partial charge >= 0.3 is 0 Å². The first-order valence-electron chi connectivity index (χ1n) is 9.12. The molecule has 0 unspecified atom stereocenters. The zero-order chi connectivity index (χ0) is 17.9. The van der Waals surface area contributed by atoms with E-state index in [4.69, 9.17) is 14.2 Å². The maximum Gasteiger partial charge on any atom is 0.231 e. The highest BCUT2D eigenvalue weighted by atomic mass is 16.5. The highest BCUT2D eigenvalue weighted by molar-refractivity contribution is 5.88. The van der Waals surface area contributed by atoms with Gasteiger partial charge in [0.1, 0.15) is 5.75 Å². The second kappa shape index (κ2) is 7.34. The SMILES string of the molecule is COc1ccc(C2(C(=O)N[C@H]3CCOC(C)(C)C3)CCOCC2)cc1. The molecule has 138 valence electrons. The normalized spacial score (nSPS) is 25.2. The highest BCUT2D eigenvalue weighted by Gasteiger charge is 2.43. The Labute approximate surface area is 150 Å². The van der Waals surface area contributed by atoms with Crippen molar-refractivity contribution in [3.05, 3.63) is 29.8 Å². The monoisotopic (exact) mass is 347 g/mol. The Hall–Kier alpha value is -1.59. The maximum absolute atomic E-state index is 13.3. The van der Waals surface area contributed by atoms with Crippen LogP contribution in [0, 0.1) is 0 Å². The molecular formula is C20H29NO4. The summed E-state index contributed by atoms with van der Waals surface area (Å²) in [6.07, 6.45) is 3.12. The lowest BCUT2D eigenvalue weighted by molar-refractivity contribution is -0.133. The van der Waals surface area contributed by atoms with E-state index in [9.17, 15) is 4.79 Å². The first-order valence-corrected chi connectivity index (χ1v) is 9.12. The van der Waals surface area contributed by atoms with Crippen LogP contribution in [0.2, 0.25) is 0 Å². The van der Waals surface area contributed by atoms with Crippen LogP contribution in [-0.4, -0.2) is 44.5 Å². The number of benzene rings is 1. The van der Waals surface area contributed by atoms with Crippen LogP contribution in [0.1, 0.15) is 45.1 Å². The van der Waals surface area contributed by atoms with Gasteiger partial charge in [0, 0.05) is 25.9 Å². The lowest BCUT2D eigenvalue weighted by Crippen LogP contribution is -2.53. The molecule has 2 fully saturated rings. The predicted octanol–water partition coefficient (Wildman–Crippen LogP) is 2.82. The van der Waals surface area contributed by atoms with E-state index >= 15 is 0 Å². The van der Waals surface area contributed by atoms with Gasteiger partial charge in [-0.25, -0.2) is 0 Å². The molecule has 0 aromatic heterocycles. The van der Waals surface area contributed by atoms with Crippen LogP contribution in [0.25, 0.3) is 0 Å². The summed E-state index contributed by atoms with van der Waals surface area (Å²) < 4.78 is 16.6. The van der Waals surface area contributed by atoms with E-state index in [1.165, 1.54) is 0 Å². The van der Waals surface area contributed by atoms with Crippen molar-refractivity contribution in [1.29, 1.82) is 0 Å². The van der Waals surface area contributed by atoms with Crippen LogP contribution < -0.4 is 10.1 Å². The second-order valence-electron chi connectivity index (χ2n) is 7.69. The maximum atomic E-state index is 13.3. The molecule has 1 aromatic rings. The molecule has 0 aliphatic carbocycles. The fraction of sp³-hybridized carbons (Fsp3) is 0.650. The lowest BCUT2D eigenvalue weighted by atomic mass is 9.73. The average molecular weight is 347 g/mol. The standard InChI is InChI=1S/C20H29NO4/c1-19(2)14-16(8-11-25-19)21-18(22)20(9-12-24-13-10-20)15-4-6-17(23-3)7-5-15/h4-7,16H,8-14H2,1-3H3,(H,21,22)/t16-/m0/s1. The highest BCUT2D eigenvalue weighted by Crippen LogP contribution is 2.36. The third-order valence-corrected chi connectivity index (χ3v) is 5.46. The molecule has 0 saturated carbocycles. The fourth-order valence-corrected chi connectivity index (χ4v) is 3.96. The van der Waals surface area contributed by atoms with Crippen molar-refractivity contribution in [3.63, 3.8) is 0 Å². The Balaban J connectivity index is 1.80. The molecule has 2 saturated heterocycles. The van der Waals surface area contributed by atoms with E-state index in [-0.39, 0.29) is 17.6 Å². The molecule has 1 amide bonds. The molecule has 0 bridgehead atoms. The van der Waals surface area contributed by atoms with Crippen molar-refractivity contribution in [2.24, 2.45) is 0 Å². The van der Waals surface area contributed by atoms with E-state index in [0.717, 1.165) is 24.2 Å². The zero-order valence-corrected chi connectivity index (χ0v) is 15.5. The smallest absolute Gasteiger partial charge is 0.231 e. The van der Waals surface area contributed by atoms with Gasteiger partial charge in [0.05, 0.1) is 18.1 Å². The third-order valence-electron chi connectivity index (χ3n) is 5.46. The molecule has 0 radical (unpaired) electrons. The number of ether oxygens (including phenoxy) is 3. The van der Waals surface area contributed by atoms with E-state index in [1.54, 1.807) is 7.11 Å². The molecule has 1 atom stereocenters. The van der Waals surface area contributed by atoms with Crippen molar-refractivity contribution in [2.75, 3.05) is 26.9 Å². The summed E-state index contributed by atoms with van der Waals surface area (Å²) in [7, 11) is 1.65. The van der Waals surface area contributed by atoms with Gasteiger partial charge in [-0.15, -0.1) is 0 Å². The van der Waals surface area contributed by atoms with Crippen molar-refractivity contribution < 1.29 is 19.0 Å². The Kier molecular flexibility index (Phi) is 5.35. The van der Waals surface area contributed by atoms with E-state index in [2.05, 4.69) is 19.2 Å². The minimum absolute atomic E-state index is 0.115. The molecular weight excluding hydrogens is 318 g/mol. The van der Waals surface area contributed by atoms with Gasteiger partial charge in [-0.1, -0.05) is 12.1 Å². The molecule has 1 aromatic carbocycles. The Bertz CT molecular complexity index is 590. The molecule has 25 heavy (non-hydrogen) atoms. The van der Waals surface area contributed by atoms with Crippen LogP contribution in [0.4, 0.5) is 0 Å². The van der Waals surface area contributed by atoms with E-state index in [0.29, 0.717) is 32.7 Å². The van der Waals surface area contributed by atoms with Gasteiger partial charge in [0.25, 0.3) is 0 Å². The number of amides is 1. The molecule has 5 nitrogen and oxygen atoms in total. The number of carbonyl (C=O) groups is 1. The Morgan fingerprint density at radius 2 is 1.84 bits per heavy atom. The summed E-state index contributed by atoms with van der Waals surface area (Å²) in [4.78, 5) is 13.3. The molecule has 2 aliphatic rings. The van der Waals surface area contributed by atoms with Crippen LogP contribution in [0.15, 0.2) is 24.3 Å². The fourth-order valence-electron chi connectivity index (χ4n) is 3.96. The van der Waals surface area contributed by atoms with Gasteiger partial charge in [-0.2, -0.15) is 0 Å². The van der Waals surface area contributed by atoms with Crippen molar-refractivity contribution in [3.8, 4) is 5.75 Å². The molecule has 2 aliphatic heterocycles. The first-order chi connectivity index (χ1) is 12.0. The summed E-state index contributed by atoms with van der Waals surface area (Å²) in [5, 5.41) is 3.31. The van der Waals surface area contributed by atoms with Crippen LogP contribution >= 0.6 is 0 Å². The molecule has 2 heterocycles. The van der Waals surface area contributed by atoms with Crippen LogP contribution in [0.3, 0.4) is 0 Å². The first kappa shape index (κ1) is 18.2. The largest absolute Gasteiger partial charge is 0.497 e. The van der Waals surface area contributed by atoms with Crippen molar-refractivity contribution in [2.45, 2.75) is 56.6 Å². The predicted molar refractivity (Wildman–Crippen MR) is 95.9 cm³/mol. The number of hydrogen-bond donors (Lipinski definition) is 1. The topological polar surface area (TPSA) is 56.8 Å². The summed E-state index contributed by atoms with van der Waals surface area (Å²) >= 11 is 0. The minimum atomic E-state index is -0.521. The second-order valence-corrected chi connectivity index (χ2v) is 7.69. The summed E-state index contributed by atoms with van der Waals surface area (Å²) in [5.74, 6) is 0.918. The quantitative estimate of drug-likeness (QED) is 0.910. The van der Waals surface area contributed by atoms with Gasteiger partial charge in [0.2, 0.25) is 5.91 Å². The number of nitrogens with one attached hydrogen (secondary N) is 1. The average Bonchev–Trinajstić information content (AvgIpc) is 2.61. The Morgan fingerprint density at radius 3 is 2.44 bits per heavy atom. The number of rotatable bonds is 4. The summed E-state index contributed by atoms with van der Waals surface area (Å²) in [6.45, 7) is 6.08. The van der Waals surface area contributed by atoms with Gasteiger partial charge < -0.3 is 19.5 Å². The Morgan fingerprint density at radius 1 is 1.16 bits per heavy atom. The van der Waals surface area contributed by atoms with Gasteiger partial charge in [-0.05, 0) is 57.2 Å². The third kappa shape index (κ3) is 3.98. The lowest BCUT2D eigenvalue weighted by Gasteiger charge is -2.40. The minimum Gasteiger partial charge on any atom is -0.497 e. The van der Waals surface area contributed by atoms with E-state index < -0.39 is 5.41 Å². The summed E-state index contributed by atoms with van der Waals surface area (Å²) in [5.41, 5.74) is 0.340. The molecule has 5 heteroatoms. The molecule has 3 rings (SSSR count). The van der Waals surface area contributed by atoms with Crippen molar-refractivity contribution in [1.82, 2.24) is 5.32 Å². The number of hydrogen-bond acceptors (Lipinski definition) is 4. The molecule has 0 spiro atoms. The van der Waals surface area contributed by atoms with Crippen LogP contribution in [-0.2, 0) is 19.7 Å². The zero-order valence-electron chi connectivity index (χ0n) is 15.5. The van der Waals surface area contributed by atoms with Crippen molar-refractivity contribution >= 4 is 5.91 Å².